The van der Waals surface area contributed by atoms with Crippen LogP contribution in [-0.4, -0.2) is 30.3 Å². The van der Waals surface area contributed by atoms with Gasteiger partial charge in [-0.1, -0.05) is 30.3 Å². The van der Waals surface area contributed by atoms with E-state index in [1.54, 1.807) is 30.2 Å². The van der Waals surface area contributed by atoms with E-state index >= 15 is 0 Å². The second kappa shape index (κ2) is 8.53. The van der Waals surface area contributed by atoms with Crippen molar-refractivity contribution in [2.24, 2.45) is 0 Å². The number of pyridine rings is 1. The lowest BCUT2D eigenvalue weighted by molar-refractivity contribution is 0.103. The van der Waals surface area contributed by atoms with Gasteiger partial charge in [-0.2, -0.15) is 0 Å². The topological polar surface area (TPSA) is 80.8 Å². The van der Waals surface area contributed by atoms with Crippen molar-refractivity contribution in [3.8, 4) is 0 Å². The summed E-state index contributed by atoms with van der Waals surface area (Å²) in [5.74, 6) is 0. The van der Waals surface area contributed by atoms with E-state index in [0.29, 0.717) is 31.0 Å². The first kappa shape index (κ1) is 18.7. The molecule has 2 aromatic rings. The minimum atomic E-state index is -0.516. The number of nitrogens with zero attached hydrogens (tertiary/aromatic N) is 2. The zero-order valence-corrected chi connectivity index (χ0v) is 15.4. The van der Waals surface area contributed by atoms with E-state index in [2.05, 4.69) is 10.3 Å². The summed E-state index contributed by atoms with van der Waals surface area (Å²) >= 11 is 0. The molecule has 0 saturated heterocycles. The van der Waals surface area contributed by atoms with Gasteiger partial charge in [-0.05, 0) is 38.0 Å². The second-order valence-electron chi connectivity index (χ2n) is 6.20. The van der Waals surface area contributed by atoms with Crippen LogP contribution in [0.4, 0.5) is 15.3 Å². The number of aromatic nitrogens is 1. The predicted octanol–water partition coefficient (Wildman–Crippen LogP) is 3.98. The van der Waals surface area contributed by atoms with Crippen LogP contribution in [0.3, 0.4) is 0 Å². The minimum absolute atomic E-state index is 0.302. The number of alkyl carbamates (subject to hydrolysis) is 1. The van der Waals surface area contributed by atoms with Crippen LogP contribution in [0, 0.1) is 0 Å². The van der Waals surface area contributed by atoms with Crippen molar-refractivity contribution in [1.29, 1.82) is 0 Å². The smallest absolute Gasteiger partial charge is 0.414 e. The van der Waals surface area contributed by atoms with E-state index in [0.717, 1.165) is 5.56 Å². The number of rotatable bonds is 4. The first-order valence-electron chi connectivity index (χ1n) is 9.01. The first-order valence-corrected chi connectivity index (χ1v) is 9.01. The van der Waals surface area contributed by atoms with Crippen LogP contribution in [0.25, 0.3) is 0 Å². The Morgan fingerprint density at radius 1 is 1.26 bits per heavy atom. The number of amides is 2. The van der Waals surface area contributed by atoms with Gasteiger partial charge < -0.3 is 14.8 Å². The fourth-order valence-electron chi connectivity index (χ4n) is 3.08. The Kier molecular flexibility index (Phi) is 5.90. The first-order chi connectivity index (χ1) is 13.1. The third-order valence-electron chi connectivity index (χ3n) is 4.41. The maximum atomic E-state index is 12.4. The summed E-state index contributed by atoms with van der Waals surface area (Å²) < 4.78 is 10.6. The van der Waals surface area contributed by atoms with E-state index in [9.17, 15) is 9.59 Å². The van der Waals surface area contributed by atoms with Crippen LogP contribution in [0.2, 0.25) is 0 Å². The summed E-state index contributed by atoms with van der Waals surface area (Å²) in [6.07, 6.45) is 0.870. The summed E-state index contributed by atoms with van der Waals surface area (Å²) in [5.41, 5.74) is 2.19. The number of benzene rings is 1. The molecule has 27 heavy (non-hydrogen) atoms. The number of hydrogen-bond acceptors (Lipinski definition) is 5. The minimum Gasteiger partial charge on any atom is -0.449 e. The normalized spacial score (nSPS) is 16.8. The van der Waals surface area contributed by atoms with E-state index < -0.39 is 12.2 Å². The highest BCUT2D eigenvalue weighted by atomic mass is 16.6. The van der Waals surface area contributed by atoms with Gasteiger partial charge in [-0.3, -0.25) is 9.88 Å². The Morgan fingerprint density at radius 3 is 2.78 bits per heavy atom. The highest BCUT2D eigenvalue weighted by Crippen LogP contribution is 2.32. The third-order valence-corrected chi connectivity index (χ3v) is 4.41. The molecule has 7 nitrogen and oxygen atoms in total. The quantitative estimate of drug-likeness (QED) is 0.882. The van der Waals surface area contributed by atoms with Crippen molar-refractivity contribution in [3.05, 3.63) is 59.9 Å². The van der Waals surface area contributed by atoms with E-state index in [1.165, 1.54) is 0 Å². The molecule has 0 fully saturated rings. The molecular weight excluding hydrogens is 346 g/mol. The molecule has 2 atom stereocenters. The number of carbonyl (C=O) groups is 2. The van der Waals surface area contributed by atoms with Crippen molar-refractivity contribution in [2.75, 3.05) is 18.1 Å². The van der Waals surface area contributed by atoms with Gasteiger partial charge >= 0.3 is 12.2 Å². The Morgan fingerprint density at radius 2 is 2.04 bits per heavy atom. The van der Waals surface area contributed by atoms with Gasteiger partial charge in [0.05, 0.1) is 24.0 Å². The SMILES string of the molecule is CCOC(=O)N1CCC(NC(=O)O[C@@H](C)c2ccccc2)c2ncccc21. The van der Waals surface area contributed by atoms with Crippen LogP contribution in [-0.2, 0) is 9.47 Å². The Labute approximate surface area is 158 Å². The molecule has 1 aromatic heterocycles. The monoisotopic (exact) mass is 369 g/mol. The number of ether oxygens (including phenoxy) is 2. The van der Waals surface area contributed by atoms with E-state index in [4.69, 9.17) is 9.47 Å². The second-order valence-corrected chi connectivity index (χ2v) is 6.20. The van der Waals surface area contributed by atoms with Crippen molar-refractivity contribution >= 4 is 17.9 Å². The number of anilines is 1. The van der Waals surface area contributed by atoms with Gasteiger partial charge in [0.2, 0.25) is 0 Å². The molecule has 1 aromatic carbocycles. The molecule has 1 aliphatic heterocycles. The van der Waals surface area contributed by atoms with Crippen molar-refractivity contribution in [3.63, 3.8) is 0 Å². The lowest BCUT2D eigenvalue weighted by atomic mass is 10.0. The summed E-state index contributed by atoms with van der Waals surface area (Å²) in [5, 5.41) is 2.86. The van der Waals surface area contributed by atoms with Crippen LogP contribution in [0.15, 0.2) is 48.7 Å². The van der Waals surface area contributed by atoms with Gasteiger partial charge in [0.15, 0.2) is 0 Å². The summed E-state index contributed by atoms with van der Waals surface area (Å²) in [7, 11) is 0. The van der Waals surface area contributed by atoms with Crippen LogP contribution < -0.4 is 10.2 Å². The van der Waals surface area contributed by atoms with Crippen molar-refractivity contribution in [1.82, 2.24) is 10.3 Å². The molecule has 3 rings (SSSR count). The molecule has 1 aliphatic rings. The van der Waals surface area contributed by atoms with Gasteiger partial charge in [0.1, 0.15) is 6.10 Å². The highest BCUT2D eigenvalue weighted by Gasteiger charge is 2.31. The molecule has 0 bridgehead atoms. The summed E-state index contributed by atoms with van der Waals surface area (Å²) in [6.45, 7) is 4.32. The number of nitrogens with one attached hydrogen (secondary N) is 1. The number of hydrogen-bond donors (Lipinski definition) is 1. The Balaban J connectivity index is 1.69. The summed E-state index contributed by atoms with van der Waals surface area (Å²) in [4.78, 5) is 30.4. The molecule has 0 radical (unpaired) electrons. The predicted molar refractivity (Wildman–Crippen MR) is 100 cm³/mol. The van der Waals surface area contributed by atoms with Gasteiger partial charge in [-0.25, -0.2) is 9.59 Å². The maximum Gasteiger partial charge on any atom is 0.414 e. The average molecular weight is 369 g/mol. The molecule has 2 heterocycles. The van der Waals surface area contributed by atoms with Gasteiger partial charge in [0.25, 0.3) is 0 Å². The Hall–Kier alpha value is -3.09. The standard InChI is InChI=1S/C20H23N3O4/c1-3-26-20(25)23-13-11-16(18-17(23)10-7-12-21-18)22-19(24)27-14(2)15-8-5-4-6-9-15/h4-10,12,14,16H,3,11,13H2,1-2H3,(H,22,24)/t14-,16?/m0/s1. The van der Waals surface area contributed by atoms with Gasteiger partial charge in [-0.15, -0.1) is 0 Å². The lowest BCUT2D eigenvalue weighted by Crippen LogP contribution is -2.42. The number of carbonyl (C=O) groups excluding carboxylic acids is 2. The van der Waals surface area contributed by atoms with Crippen molar-refractivity contribution < 1.29 is 19.1 Å². The number of fused-ring (bicyclic) bond motifs is 1. The van der Waals surface area contributed by atoms with Crippen molar-refractivity contribution in [2.45, 2.75) is 32.4 Å². The van der Waals surface area contributed by atoms with Crippen LogP contribution >= 0.6 is 0 Å². The van der Waals surface area contributed by atoms with Gasteiger partial charge in [0, 0.05) is 12.7 Å². The maximum absolute atomic E-state index is 12.4. The molecule has 0 aliphatic carbocycles. The molecule has 2 amide bonds. The van der Waals surface area contributed by atoms with Crippen LogP contribution in [0.5, 0.6) is 0 Å². The fraction of sp³-hybridized carbons (Fsp3) is 0.350. The molecule has 142 valence electrons. The molecule has 1 N–H and O–H groups in total. The molecule has 0 saturated carbocycles. The fourth-order valence-corrected chi connectivity index (χ4v) is 3.08. The molecule has 7 heteroatoms. The third kappa shape index (κ3) is 4.36. The Bertz CT molecular complexity index is 797. The van der Waals surface area contributed by atoms with Crippen LogP contribution in [0.1, 0.15) is 43.7 Å². The molecular formula is C20H23N3O4. The molecule has 1 unspecified atom stereocenters. The average Bonchev–Trinajstić information content (AvgIpc) is 2.69. The lowest BCUT2D eigenvalue weighted by Gasteiger charge is -2.32. The summed E-state index contributed by atoms with van der Waals surface area (Å²) in [6, 6.07) is 12.8. The zero-order valence-electron chi connectivity index (χ0n) is 15.4. The highest BCUT2D eigenvalue weighted by molar-refractivity contribution is 5.89. The molecule has 0 spiro atoms. The van der Waals surface area contributed by atoms with E-state index in [1.807, 2.05) is 37.3 Å². The largest absolute Gasteiger partial charge is 0.449 e. The zero-order chi connectivity index (χ0) is 19.2. The van der Waals surface area contributed by atoms with E-state index in [-0.39, 0.29) is 12.1 Å².